The van der Waals surface area contributed by atoms with E-state index in [2.05, 4.69) is 5.32 Å². The van der Waals surface area contributed by atoms with Gasteiger partial charge in [-0.05, 0) is 6.42 Å². The largest absolute Gasteiger partial charge is 0.463 e. The molecular weight excluding hydrogens is 312 g/mol. The number of likely N-dealkylation sites (N-methyl/N-ethyl adjacent to an activating group) is 1. The average molecular weight is 335 g/mol. The molecule has 0 aromatic rings. The zero-order valence-electron chi connectivity index (χ0n) is 13.3. The number of ether oxygens (including phenoxy) is 2. The molecule has 126 valence electrons. The standard InChI is InChI=1S/C14H23ClN2O5/c1-10(2)14(20)22-8-11(21-4)5-6-17(9-18)7-12(15)13(19)16-3/h7,9-11H,5-6,8H2,1-4H3,(H,16,19)/b12-7+. The number of carbonyl (C=O) groups excluding carboxylic acids is 3. The smallest absolute Gasteiger partial charge is 0.308 e. The molecular formula is C14H23ClN2O5. The van der Waals surface area contributed by atoms with Crippen LogP contribution in [0, 0.1) is 5.92 Å². The van der Waals surface area contributed by atoms with Crippen molar-refractivity contribution in [3.05, 3.63) is 11.2 Å². The fraction of sp³-hybridized carbons (Fsp3) is 0.643. The van der Waals surface area contributed by atoms with Crippen LogP contribution in [0.3, 0.4) is 0 Å². The van der Waals surface area contributed by atoms with Crippen LogP contribution in [0.25, 0.3) is 0 Å². The lowest BCUT2D eigenvalue weighted by Crippen LogP contribution is -2.28. The van der Waals surface area contributed by atoms with Crippen LogP contribution >= 0.6 is 11.6 Å². The van der Waals surface area contributed by atoms with Gasteiger partial charge in [-0.2, -0.15) is 0 Å². The van der Waals surface area contributed by atoms with Gasteiger partial charge in [-0.3, -0.25) is 14.4 Å². The minimum absolute atomic E-state index is 0.102. The van der Waals surface area contributed by atoms with Crippen LogP contribution in [-0.4, -0.2) is 56.6 Å². The zero-order valence-corrected chi connectivity index (χ0v) is 14.1. The lowest BCUT2D eigenvalue weighted by Gasteiger charge is -2.19. The summed E-state index contributed by atoms with van der Waals surface area (Å²) in [5.41, 5.74) is 0. The molecule has 2 amide bonds. The van der Waals surface area contributed by atoms with E-state index in [1.807, 2.05) is 0 Å². The van der Waals surface area contributed by atoms with Crippen LogP contribution in [0.4, 0.5) is 0 Å². The maximum Gasteiger partial charge on any atom is 0.308 e. The molecule has 0 rings (SSSR count). The number of hydrogen-bond donors (Lipinski definition) is 1. The minimum atomic E-state index is -0.484. The lowest BCUT2D eigenvalue weighted by molar-refractivity contribution is -0.151. The van der Waals surface area contributed by atoms with E-state index in [0.29, 0.717) is 12.8 Å². The van der Waals surface area contributed by atoms with Crippen molar-refractivity contribution in [1.29, 1.82) is 0 Å². The Kier molecular flexibility index (Phi) is 10.2. The number of rotatable bonds is 10. The average Bonchev–Trinajstić information content (AvgIpc) is 2.51. The van der Waals surface area contributed by atoms with Gasteiger partial charge in [0.05, 0.1) is 12.0 Å². The quantitative estimate of drug-likeness (QED) is 0.364. The van der Waals surface area contributed by atoms with Gasteiger partial charge in [0, 0.05) is 26.9 Å². The number of halogens is 1. The molecule has 0 aliphatic rings. The molecule has 0 aromatic heterocycles. The molecule has 0 radical (unpaired) electrons. The summed E-state index contributed by atoms with van der Waals surface area (Å²) in [4.78, 5) is 34.9. The summed E-state index contributed by atoms with van der Waals surface area (Å²) in [6.45, 7) is 3.86. The monoisotopic (exact) mass is 334 g/mol. The first kappa shape index (κ1) is 20.4. The van der Waals surface area contributed by atoms with Crippen molar-refractivity contribution in [2.75, 3.05) is 27.3 Å². The van der Waals surface area contributed by atoms with Crippen molar-refractivity contribution in [3.63, 3.8) is 0 Å². The highest BCUT2D eigenvalue weighted by molar-refractivity contribution is 6.42. The number of nitrogens with one attached hydrogen (secondary N) is 1. The molecule has 0 bridgehead atoms. The number of esters is 1. The Hall–Kier alpha value is -1.60. The number of hydrogen-bond acceptors (Lipinski definition) is 5. The van der Waals surface area contributed by atoms with Crippen LogP contribution in [0.15, 0.2) is 11.2 Å². The Bertz CT molecular complexity index is 412. The third kappa shape index (κ3) is 7.99. The Morgan fingerprint density at radius 1 is 1.36 bits per heavy atom. The second kappa shape index (κ2) is 11.0. The molecule has 0 aliphatic carbocycles. The molecule has 1 N–H and O–H groups in total. The van der Waals surface area contributed by atoms with E-state index in [9.17, 15) is 14.4 Å². The highest BCUT2D eigenvalue weighted by atomic mass is 35.5. The summed E-state index contributed by atoms with van der Waals surface area (Å²) in [6.07, 6.45) is 1.87. The molecule has 1 unspecified atom stereocenters. The van der Waals surface area contributed by atoms with E-state index in [1.54, 1.807) is 13.8 Å². The van der Waals surface area contributed by atoms with E-state index >= 15 is 0 Å². The lowest BCUT2D eigenvalue weighted by atomic mass is 10.2. The van der Waals surface area contributed by atoms with Gasteiger partial charge < -0.3 is 19.7 Å². The number of carbonyl (C=O) groups is 3. The molecule has 8 heteroatoms. The molecule has 0 saturated heterocycles. The summed E-state index contributed by atoms with van der Waals surface area (Å²) in [5.74, 6) is -1.00. The second-order valence-electron chi connectivity index (χ2n) is 4.83. The first-order chi connectivity index (χ1) is 10.3. The van der Waals surface area contributed by atoms with Gasteiger partial charge in [-0.1, -0.05) is 25.4 Å². The zero-order chi connectivity index (χ0) is 17.1. The molecule has 0 aromatic carbocycles. The van der Waals surface area contributed by atoms with E-state index in [4.69, 9.17) is 21.1 Å². The van der Waals surface area contributed by atoms with E-state index in [0.717, 1.165) is 0 Å². The summed E-state index contributed by atoms with van der Waals surface area (Å²) in [7, 11) is 2.93. The Morgan fingerprint density at radius 3 is 2.45 bits per heavy atom. The molecule has 0 heterocycles. The van der Waals surface area contributed by atoms with Gasteiger partial charge in [0.15, 0.2) is 0 Å². The van der Waals surface area contributed by atoms with E-state index in [1.165, 1.54) is 25.3 Å². The first-order valence-corrected chi connectivity index (χ1v) is 7.23. The van der Waals surface area contributed by atoms with Crippen LogP contribution in [0.5, 0.6) is 0 Å². The maximum absolute atomic E-state index is 11.4. The second-order valence-corrected chi connectivity index (χ2v) is 5.24. The fourth-order valence-electron chi connectivity index (χ4n) is 1.38. The molecule has 0 fully saturated rings. The molecule has 0 saturated carbocycles. The minimum Gasteiger partial charge on any atom is -0.463 e. The van der Waals surface area contributed by atoms with Gasteiger partial charge >= 0.3 is 5.97 Å². The van der Waals surface area contributed by atoms with Crippen molar-refractivity contribution in [2.45, 2.75) is 26.4 Å². The summed E-state index contributed by atoms with van der Waals surface area (Å²) in [5, 5.41) is 2.25. The SMILES string of the molecule is CNC(=O)/C(Cl)=C\N(C=O)CCC(COC(=O)C(C)C)OC. The fourth-order valence-corrected chi connectivity index (χ4v) is 1.60. The Morgan fingerprint density at radius 2 is 2.00 bits per heavy atom. The first-order valence-electron chi connectivity index (χ1n) is 6.85. The van der Waals surface area contributed by atoms with Gasteiger partial charge in [0.2, 0.25) is 6.41 Å². The van der Waals surface area contributed by atoms with E-state index in [-0.39, 0.29) is 36.2 Å². The molecule has 0 aliphatic heterocycles. The van der Waals surface area contributed by atoms with Gasteiger partial charge in [-0.25, -0.2) is 0 Å². The molecule has 0 spiro atoms. The topological polar surface area (TPSA) is 84.9 Å². The third-order valence-electron chi connectivity index (χ3n) is 2.78. The Balaban J connectivity index is 4.42. The number of nitrogens with zero attached hydrogens (tertiary/aromatic N) is 1. The van der Waals surface area contributed by atoms with E-state index < -0.39 is 5.91 Å². The summed E-state index contributed by atoms with van der Waals surface area (Å²) < 4.78 is 10.3. The summed E-state index contributed by atoms with van der Waals surface area (Å²) in [6, 6.07) is 0. The summed E-state index contributed by atoms with van der Waals surface area (Å²) >= 11 is 5.74. The van der Waals surface area contributed by atoms with Crippen LogP contribution in [-0.2, 0) is 23.9 Å². The van der Waals surface area contributed by atoms with Crippen LogP contribution in [0.2, 0.25) is 0 Å². The molecule has 1 atom stereocenters. The van der Waals surface area contributed by atoms with Crippen molar-refractivity contribution < 1.29 is 23.9 Å². The predicted octanol–water partition coefficient (Wildman–Crippen LogP) is 0.875. The Labute approximate surface area is 135 Å². The maximum atomic E-state index is 11.4. The predicted molar refractivity (Wildman–Crippen MR) is 82.0 cm³/mol. The molecule has 7 nitrogen and oxygen atoms in total. The number of methoxy groups -OCH3 is 1. The van der Waals surface area contributed by atoms with Crippen molar-refractivity contribution in [3.8, 4) is 0 Å². The molecule has 22 heavy (non-hydrogen) atoms. The van der Waals surface area contributed by atoms with Gasteiger partial charge in [0.1, 0.15) is 11.6 Å². The van der Waals surface area contributed by atoms with Gasteiger partial charge in [-0.15, -0.1) is 0 Å². The van der Waals surface area contributed by atoms with Crippen LogP contribution < -0.4 is 5.32 Å². The third-order valence-corrected chi connectivity index (χ3v) is 3.05. The highest BCUT2D eigenvalue weighted by Gasteiger charge is 2.15. The van der Waals surface area contributed by atoms with Gasteiger partial charge in [0.25, 0.3) is 5.91 Å². The van der Waals surface area contributed by atoms with Crippen molar-refractivity contribution >= 4 is 29.9 Å². The highest BCUT2D eigenvalue weighted by Crippen LogP contribution is 2.07. The number of amides is 2. The normalized spacial score (nSPS) is 12.7. The van der Waals surface area contributed by atoms with Crippen molar-refractivity contribution in [2.24, 2.45) is 5.92 Å². The van der Waals surface area contributed by atoms with Crippen LogP contribution in [0.1, 0.15) is 20.3 Å². The van der Waals surface area contributed by atoms with Crippen molar-refractivity contribution in [1.82, 2.24) is 10.2 Å².